The van der Waals surface area contributed by atoms with Crippen molar-refractivity contribution >= 4 is 15.7 Å². The summed E-state index contributed by atoms with van der Waals surface area (Å²) < 4.78 is 24.2. The Labute approximate surface area is 96.5 Å². The molecule has 0 amide bonds. The number of nitrogens with zero attached hydrogens (tertiary/aromatic N) is 2. The highest BCUT2D eigenvalue weighted by Gasteiger charge is 2.15. The lowest BCUT2D eigenvalue weighted by atomic mass is 10.2. The van der Waals surface area contributed by atoms with Gasteiger partial charge in [0.15, 0.2) is 0 Å². The molecular weight excluding hydrogens is 226 g/mol. The molecule has 0 fully saturated rings. The Hall–Kier alpha value is -1.14. The summed E-state index contributed by atoms with van der Waals surface area (Å²) in [5.41, 5.74) is 1.54. The maximum Gasteiger partial charge on any atom is 0.232 e. The van der Waals surface area contributed by atoms with Crippen molar-refractivity contribution in [2.24, 2.45) is 0 Å². The van der Waals surface area contributed by atoms with Gasteiger partial charge in [0, 0.05) is 31.5 Å². The molecule has 0 radical (unpaired) electrons. The molecule has 0 aliphatic carbocycles. The molecule has 0 unspecified atom stereocenters. The molecule has 5 nitrogen and oxygen atoms in total. The van der Waals surface area contributed by atoms with Crippen molar-refractivity contribution in [3.63, 3.8) is 0 Å². The molecule has 90 valence electrons. The van der Waals surface area contributed by atoms with Gasteiger partial charge in [-0.2, -0.15) is 0 Å². The third kappa shape index (κ3) is 3.18. The van der Waals surface area contributed by atoms with Crippen LogP contribution >= 0.6 is 0 Å². The standard InChI is InChI=1S/C10H17N3O2S/c1-4-11-7-9-8-12-6-5-10(9)13(2)16(3,14)15/h5-6,8,11H,4,7H2,1-3H3. The van der Waals surface area contributed by atoms with Crippen LogP contribution in [0.1, 0.15) is 12.5 Å². The molecule has 1 aromatic heterocycles. The highest BCUT2D eigenvalue weighted by atomic mass is 32.2. The summed E-state index contributed by atoms with van der Waals surface area (Å²) in [7, 11) is -1.68. The van der Waals surface area contributed by atoms with Crippen molar-refractivity contribution in [1.29, 1.82) is 0 Å². The van der Waals surface area contributed by atoms with Crippen molar-refractivity contribution in [1.82, 2.24) is 10.3 Å². The Morgan fingerprint density at radius 3 is 2.75 bits per heavy atom. The van der Waals surface area contributed by atoms with E-state index in [9.17, 15) is 8.42 Å². The lowest BCUT2D eigenvalue weighted by Crippen LogP contribution is -2.27. The van der Waals surface area contributed by atoms with Crippen LogP contribution in [-0.4, -0.2) is 33.2 Å². The topological polar surface area (TPSA) is 62.3 Å². The molecule has 16 heavy (non-hydrogen) atoms. The van der Waals surface area contributed by atoms with Gasteiger partial charge in [-0.15, -0.1) is 0 Å². The minimum atomic E-state index is -3.23. The first kappa shape index (κ1) is 12.9. The Balaban J connectivity index is 3.03. The zero-order valence-electron chi connectivity index (χ0n) is 9.77. The zero-order chi connectivity index (χ0) is 12.2. The van der Waals surface area contributed by atoms with Gasteiger partial charge in [-0.1, -0.05) is 6.92 Å². The number of anilines is 1. The number of rotatable bonds is 5. The Kier molecular flexibility index (Phi) is 4.26. The molecule has 0 aromatic carbocycles. The average Bonchev–Trinajstić information content (AvgIpc) is 2.24. The second-order valence-electron chi connectivity index (χ2n) is 3.52. The summed E-state index contributed by atoms with van der Waals surface area (Å²) >= 11 is 0. The summed E-state index contributed by atoms with van der Waals surface area (Å²) in [5.74, 6) is 0. The Morgan fingerprint density at radius 2 is 2.19 bits per heavy atom. The monoisotopic (exact) mass is 243 g/mol. The van der Waals surface area contributed by atoms with Crippen molar-refractivity contribution < 1.29 is 8.42 Å². The predicted octanol–water partition coefficient (Wildman–Crippen LogP) is 0.587. The summed E-state index contributed by atoms with van der Waals surface area (Å²) in [4.78, 5) is 4.00. The summed E-state index contributed by atoms with van der Waals surface area (Å²) in [5, 5.41) is 3.15. The molecule has 0 spiro atoms. The van der Waals surface area contributed by atoms with Crippen LogP contribution in [0.15, 0.2) is 18.5 Å². The van der Waals surface area contributed by atoms with Gasteiger partial charge in [-0.05, 0) is 12.6 Å². The maximum atomic E-state index is 11.4. The summed E-state index contributed by atoms with van der Waals surface area (Å²) in [6.45, 7) is 3.44. The van der Waals surface area contributed by atoms with Crippen molar-refractivity contribution in [2.75, 3.05) is 24.2 Å². The van der Waals surface area contributed by atoms with E-state index >= 15 is 0 Å². The molecule has 0 aliphatic rings. The molecule has 0 atom stereocenters. The van der Waals surface area contributed by atoms with Gasteiger partial charge in [0.25, 0.3) is 0 Å². The third-order valence-corrected chi connectivity index (χ3v) is 3.47. The van der Waals surface area contributed by atoms with Gasteiger partial charge in [-0.25, -0.2) is 8.42 Å². The Morgan fingerprint density at radius 1 is 1.50 bits per heavy atom. The van der Waals surface area contributed by atoms with Gasteiger partial charge in [0.05, 0.1) is 11.9 Å². The number of hydrogen-bond donors (Lipinski definition) is 1. The van der Waals surface area contributed by atoms with Crippen LogP contribution in [0.5, 0.6) is 0 Å². The van der Waals surface area contributed by atoms with E-state index < -0.39 is 10.0 Å². The minimum absolute atomic E-state index is 0.611. The number of aromatic nitrogens is 1. The minimum Gasteiger partial charge on any atom is -0.313 e. The van der Waals surface area contributed by atoms with Crippen LogP contribution in [-0.2, 0) is 16.6 Å². The van der Waals surface area contributed by atoms with Crippen LogP contribution in [0.4, 0.5) is 5.69 Å². The molecule has 0 saturated carbocycles. The van der Waals surface area contributed by atoms with Gasteiger partial charge in [0.1, 0.15) is 0 Å². The normalized spacial score (nSPS) is 11.4. The van der Waals surface area contributed by atoms with Crippen molar-refractivity contribution in [2.45, 2.75) is 13.5 Å². The SMILES string of the molecule is CCNCc1cnccc1N(C)S(C)(=O)=O. The predicted molar refractivity (Wildman–Crippen MR) is 64.9 cm³/mol. The largest absolute Gasteiger partial charge is 0.313 e. The van der Waals surface area contributed by atoms with Gasteiger partial charge < -0.3 is 5.32 Å². The molecule has 6 heteroatoms. The lowest BCUT2D eigenvalue weighted by molar-refractivity contribution is 0.600. The fourth-order valence-electron chi connectivity index (χ4n) is 1.30. The lowest BCUT2D eigenvalue weighted by Gasteiger charge is -2.19. The van der Waals surface area contributed by atoms with E-state index in [1.807, 2.05) is 6.92 Å². The quantitative estimate of drug-likeness (QED) is 0.822. The van der Waals surface area contributed by atoms with Crippen LogP contribution in [0, 0.1) is 0 Å². The smallest absolute Gasteiger partial charge is 0.232 e. The van der Waals surface area contributed by atoms with E-state index in [1.165, 1.54) is 10.6 Å². The second kappa shape index (κ2) is 5.27. The molecule has 0 aliphatic heterocycles. The van der Waals surface area contributed by atoms with Crippen molar-refractivity contribution in [3.8, 4) is 0 Å². The second-order valence-corrected chi connectivity index (χ2v) is 5.53. The molecule has 1 N–H and O–H groups in total. The number of nitrogens with one attached hydrogen (secondary N) is 1. The van der Waals surface area contributed by atoms with E-state index in [1.54, 1.807) is 25.5 Å². The fraction of sp³-hybridized carbons (Fsp3) is 0.500. The summed E-state index contributed by atoms with van der Waals surface area (Å²) in [6, 6.07) is 1.70. The number of pyridine rings is 1. The third-order valence-electron chi connectivity index (χ3n) is 2.28. The summed E-state index contributed by atoms with van der Waals surface area (Å²) in [6.07, 6.45) is 4.45. The van der Waals surface area contributed by atoms with E-state index in [-0.39, 0.29) is 0 Å². The van der Waals surface area contributed by atoms with Crippen molar-refractivity contribution in [3.05, 3.63) is 24.0 Å². The van der Waals surface area contributed by atoms with E-state index in [4.69, 9.17) is 0 Å². The Bertz CT molecular complexity index is 445. The van der Waals surface area contributed by atoms with Crippen LogP contribution in [0.3, 0.4) is 0 Å². The van der Waals surface area contributed by atoms with Gasteiger partial charge in [-0.3, -0.25) is 9.29 Å². The molecule has 1 heterocycles. The number of hydrogen-bond acceptors (Lipinski definition) is 4. The molecule has 0 bridgehead atoms. The first-order chi connectivity index (χ1) is 7.46. The maximum absolute atomic E-state index is 11.4. The van der Waals surface area contributed by atoms with E-state index in [0.29, 0.717) is 12.2 Å². The fourth-order valence-corrected chi connectivity index (χ4v) is 1.84. The molecule has 1 rings (SSSR count). The highest BCUT2D eigenvalue weighted by Crippen LogP contribution is 2.19. The van der Waals surface area contributed by atoms with Crippen LogP contribution < -0.4 is 9.62 Å². The van der Waals surface area contributed by atoms with Crippen LogP contribution in [0.2, 0.25) is 0 Å². The first-order valence-corrected chi connectivity index (χ1v) is 6.89. The average molecular weight is 243 g/mol. The van der Waals surface area contributed by atoms with E-state index in [0.717, 1.165) is 12.1 Å². The number of sulfonamides is 1. The molecule has 1 aromatic rings. The highest BCUT2D eigenvalue weighted by molar-refractivity contribution is 7.92. The zero-order valence-corrected chi connectivity index (χ0v) is 10.6. The molecular formula is C10H17N3O2S. The van der Waals surface area contributed by atoms with E-state index in [2.05, 4.69) is 10.3 Å². The molecule has 0 saturated heterocycles. The first-order valence-electron chi connectivity index (χ1n) is 5.04. The van der Waals surface area contributed by atoms with Gasteiger partial charge in [0.2, 0.25) is 10.0 Å². The van der Waals surface area contributed by atoms with Gasteiger partial charge >= 0.3 is 0 Å². The van der Waals surface area contributed by atoms with Crippen LogP contribution in [0.25, 0.3) is 0 Å².